The third kappa shape index (κ3) is 5.26. The van der Waals surface area contributed by atoms with Crippen LogP contribution < -0.4 is 10.2 Å². The summed E-state index contributed by atoms with van der Waals surface area (Å²) in [7, 11) is 0. The first-order valence-electron chi connectivity index (χ1n) is 8.52. The second kappa shape index (κ2) is 8.35. The van der Waals surface area contributed by atoms with Crippen molar-refractivity contribution in [3.05, 3.63) is 64.7 Å². The molecule has 0 amide bonds. The molecular formula is C19H19ClF3N3S. The smallest absolute Gasteiger partial charge is 0.368 e. The highest BCUT2D eigenvalue weighted by Crippen LogP contribution is 2.31. The van der Waals surface area contributed by atoms with Crippen LogP contribution in [0.2, 0.25) is 5.02 Å². The molecule has 0 aliphatic carbocycles. The lowest BCUT2D eigenvalue weighted by Crippen LogP contribution is -2.51. The molecule has 1 aliphatic heterocycles. The van der Waals surface area contributed by atoms with Gasteiger partial charge in [0, 0.05) is 43.4 Å². The van der Waals surface area contributed by atoms with Gasteiger partial charge in [0.1, 0.15) is 0 Å². The van der Waals surface area contributed by atoms with Gasteiger partial charge in [0.05, 0.1) is 5.56 Å². The Balaban J connectivity index is 1.52. The van der Waals surface area contributed by atoms with E-state index in [1.165, 1.54) is 12.1 Å². The molecule has 0 radical (unpaired) electrons. The number of anilines is 1. The highest BCUT2D eigenvalue weighted by atomic mass is 35.5. The Morgan fingerprint density at radius 1 is 1.04 bits per heavy atom. The molecular weight excluding hydrogens is 395 g/mol. The normalized spacial score (nSPS) is 15.0. The standard InChI is InChI=1S/C19H19ClF3N3S/c20-16-6-4-14(5-7-16)13-24-18(27)26-10-8-25(9-11-26)17-3-1-2-15(12-17)19(21,22)23/h1-7,12H,8-11,13H2,(H,24,27). The molecule has 27 heavy (non-hydrogen) atoms. The molecule has 0 bridgehead atoms. The number of piperazine rings is 1. The largest absolute Gasteiger partial charge is 0.416 e. The third-order valence-electron chi connectivity index (χ3n) is 4.46. The van der Waals surface area contributed by atoms with E-state index in [1.807, 2.05) is 34.1 Å². The SMILES string of the molecule is FC(F)(F)c1cccc(N2CCN(C(=S)NCc3ccc(Cl)cc3)CC2)c1. The number of nitrogens with one attached hydrogen (secondary N) is 1. The molecule has 8 heteroatoms. The summed E-state index contributed by atoms with van der Waals surface area (Å²) in [4.78, 5) is 3.99. The lowest BCUT2D eigenvalue weighted by atomic mass is 10.1. The highest BCUT2D eigenvalue weighted by Gasteiger charge is 2.31. The summed E-state index contributed by atoms with van der Waals surface area (Å²) in [6, 6.07) is 13.0. The van der Waals surface area contributed by atoms with E-state index < -0.39 is 11.7 Å². The zero-order valence-corrected chi connectivity index (χ0v) is 16.0. The molecule has 2 aromatic carbocycles. The van der Waals surface area contributed by atoms with E-state index in [2.05, 4.69) is 5.32 Å². The van der Waals surface area contributed by atoms with Crippen molar-refractivity contribution in [2.45, 2.75) is 12.7 Å². The fourth-order valence-electron chi connectivity index (χ4n) is 2.94. The Bertz CT molecular complexity index is 788. The van der Waals surface area contributed by atoms with Gasteiger partial charge in [-0.15, -0.1) is 0 Å². The van der Waals surface area contributed by atoms with Crippen molar-refractivity contribution in [3.63, 3.8) is 0 Å². The minimum atomic E-state index is -4.33. The summed E-state index contributed by atoms with van der Waals surface area (Å²) in [5.74, 6) is 0. The van der Waals surface area contributed by atoms with Gasteiger partial charge < -0.3 is 15.1 Å². The maximum absolute atomic E-state index is 12.9. The Hall–Kier alpha value is -1.99. The molecule has 0 spiro atoms. The van der Waals surface area contributed by atoms with Crippen LogP contribution in [-0.2, 0) is 12.7 Å². The number of thiocarbonyl (C=S) groups is 1. The molecule has 1 aliphatic rings. The van der Waals surface area contributed by atoms with E-state index in [9.17, 15) is 13.2 Å². The molecule has 0 unspecified atom stereocenters. The van der Waals surface area contributed by atoms with Crippen LogP contribution in [0.3, 0.4) is 0 Å². The van der Waals surface area contributed by atoms with Crippen LogP contribution in [0, 0.1) is 0 Å². The van der Waals surface area contributed by atoms with Gasteiger partial charge in [-0.05, 0) is 48.1 Å². The predicted molar refractivity (Wildman–Crippen MR) is 106 cm³/mol. The Morgan fingerprint density at radius 3 is 2.33 bits per heavy atom. The first kappa shape index (κ1) is 19.8. The van der Waals surface area contributed by atoms with Gasteiger partial charge in [0.15, 0.2) is 5.11 Å². The molecule has 0 atom stereocenters. The molecule has 1 saturated heterocycles. The number of halogens is 4. The fourth-order valence-corrected chi connectivity index (χ4v) is 3.32. The summed E-state index contributed by atoms with van der Waals surface area (Å²) in [5, 5.41) is 4.55. The molecule has 0 aromatic heterocycles. The number of benzene rings is 2. The lowest BCUT2D eigenvalue weighted by Gasteiger charge is -2.37. The van der Waals surface area contributed by atoms with Crippen LogP contribution in [0.5, 0.6) is 0 Å². The maximum atomic E-state index is 12.9. The fraction of sp³-hybridized carbons (Fsp3) is 0.316. The van der Waals surface area contributed by atoms with E-state index in [-0.39, 0.29) is 0 Å². The molecule has 1 N–H and O–H groups in total. The van der Waals surface area contributed by atoms with Gasteiger partial charge in [-0.25, -0.2) is 0 Å². The van der Waals surface area contributed by atoms with Crippen LogP contribution in [0.4, 0.5) is 18.9 Å². The molecule has 144 valence electrons. The summed E-state index contributed by atoms with van der Waals surface area (Å²) in [6.45, 7) is 3.14. The Morgan fingerprint density at radius 2 is 1.70 bits per heavy atom. The van der Waals surface area contributed by atoms with Gasteiger partial charge >= 0.3 is 6.18 Å². The topological polar surface area (TPSA) is 18.5 Å². The summed E-state index contributed by atoms with van der Waals surface area (Å²) in [5.41, 5.74) is 1.04. The highest BCUT2D eigenvalue weighted by molar-refractivity contribution is 7.80. The van der Waals surface area contributed by atoms with Gasteiger partial charge in [0.2, 0.25) is 0 Å². The van der Waals surface area contributed by atoms with Crippen molar-refractivity contribution in [1.29, 1.82) is 0 Å². The first-order valence-corrected chi connectivity index (χ1v) is 9.31. The minimum Gasteiger partial charge on any atom is -0.368 e. The lowest BCUT2D eigenvalue weighted by molar-refractivity contribution is -0.137. The summed E-state index contributed by atoms with van der Waals surface area (Å²) in [6.07, 6.45) is -4.33. The van der Waals surface area contributed by atoms with Crippen LogP contribution in [-0.4, -0.2) is 36.2 Å². The predicted octanol–water partition coefficient (Wildman–Crippen LogP) is 4.56. The molecule has 1 fully saturated rings. The van der Waals surface area contributed by atoms with E-state index >= 15 is 0 Å². The third-order valence-corrected chi connectivity index (χ3v) is 5.12. The first-order chi connectivity index (χ1) is 12.8. The quantitative estimate of drug-likeness (QED) is 0.743. The average Bonchev–Trinajstić information content (AvgIpc) is 2.67. The number of alkyl halides is 3. The molecule has 3 nitrogen and oxygen atoms in total. The Labute approximate surface area is 166 Å². The van der Waals surface area contributed by atoms with Crippen molar-refractivity contribution >= 4 is 34.6 Å². The van der Waals surface area contributed by atoms with Crippen LogP contribution in [0.15, 0.2) is 48.5 Å². The Kier molecular flexibility index (Phi) is 6.11. The van der Waals surface area contributed by atoms with Crippen molar-refractivity contribution in [2.24, 2.45) is 0 Å². The molecule has 0 saturated carbocycles. The average molecular weight is 414 g/mol. The van der Waals surface area contributed by atoms with E-state index in [0.717, 1.165) is 11.6 Å². The zero-order chi connectivity index (χ0) is 19.4. The second-order valence-corrected chi connectivity index (χ2v) is 7.13. The number of hydrogen-bond acceptors (Lipinski definition) is 2. The van der Waals surface area contributed by atoms with E-state index in [4.69, 9.17) is 23.8 Å². The second-order valence-electron chi connectivity index (χ2n) is 6.31. The van der Waals surface area contributed by atoms with Crippen LogP contribution in [0.1, 0.15) is 11.1 Å². The molecule has 1 heterocycles. The number of hydrogen-bond donors (Lipinski definition) is 1. The zero-order valence-electron chi connectivity index (χ0n) is 14.5. The maximum Gasteiger partial charge on any atom is 0.416 e. The van der Waals surface area contributed by atoms with Crippen LogP contribution in [0.25, 0.3) is 0 Å². The van der Waals surface area contributed by atoms with Crippen LogP contribution >= 0.6 is 23.8 Å². The van der Waals surface area contributed by atoms with Crippen molar-refractivity contribution < 1.29 is 13.2 Å². The number of rotatable bonds is 3. The van der Waals surface area contributed by atoms with Gasteiger partial charge in [-0.1, -0.05) is 29.8 Å². The van der Waals surface area contributed by atoms with Gasteiger partial charge in [0.25, 0.3) is 0 Å². The van der Waals surface area contributed by atoms with Crippen molar-refractivity contribution in [3.8, 4) is 0 Å². The number of nitrogens with zero attached hydrogens (tertiary/aromatic N) is 2. The van der Waals surface area contributed by atoms with E-state index in [1.54, 1.807) is 6.07 Å². The van der Waals surface area contributed by atoms with Gasteiger partial charge in [-0.3, -0.25) is 0 Å². The van der Waals surface area contributed by atoms with E-state index in [0.29, 0.717) is 48.5 Å². The minimum absolute atomic E-state index is 0.588. The van der Waals surface area contributed by atoms with Crippen molar-refractivity contribution in [2.75, 3.05) is 31.1 Å². The summed E-state index contributed by atoms with van der Waals surface area (Å²) < 4.78 is 38.7. The van der Waals surface area contributed by atoms with Crippen molar-refractivity contribution in [1.82, 2.24) is 10.2 Å². The summed E-state index contributed by atoms with van der Waals surface area (Å²) >= 11 is 11.3. The molecule has 2 aromatic rings. The molecule has 3 rings (SSSR count). The monoisotopic (exact) mass is 413 g/mol. The van der Waals surface area contributed by atoms with Gasteiger partial charge in [-0.2, -0.15) is 13.2 Å².